The fourth-order valence-electron chi connectivity index (χ4n) is 2.71. The summed E-state index contributed by atoms with van der Waals surface area (Å²) in [5.41, 5.74) is 8.35. The standard InChI is InChI=1S/C16H25ClN2/c1-16(2,3)14-9-8-13(10-15(14)17)19-12-6-4-11(18)5-7-12/h8-12,19H,4-7,18H2,1-3H3. The lowest BCUT2D eigenvalue weighted by Gasteiger charge is -2.28. The number of rotatable bonds is 2. The second kappa shape index (κ2) is 5.72. The van der Waals surface area contributed by atoms with Gasteiger partial charge < -0.3 is 11.1 Å². The Kier molecular flexibility index (Phi) is 4.42. The van der Waals surface area contributed by atoms with E-state index in [9.17, 15) is 0 Å². The number of hydrogen-bond donors (Lipinski definition) is 2. The van der Waals surface area contributed by atoms with Gasteiger partial charge in [0.1, 0.15) is 0 Å². The second-order valence-electron chi connectivity index (χ2n) is 6.70. The van der Waals surface area contributed by atoms with Gasteiger partial charge in [0, 0.05) is 22.8 Å². The van der Waals surface area contributed by atoms with E-state index in [1.807, 2.05) is 0 Å². The van der Waals surface area contributed by atoms with Gasteiger partial charge in [-0.3, -0.25) is 0 Å². The minimum Gasteiger partial charge on any atom is -0.382 e. The van der Waals surface area contributed by atoms with Crippen LogP contribution < -0.4 is 11.1 Å². The number of halogens is 1. The van der Waals surface area contributed by atoms with E-state index in [1.54, 1.807) is 0 Å². The van der Waals surface area contributed by atoms with Gasteiger partial charge in [-0.05, 0) is 48.8 Å². The number of benzene rings is 1. The van der Waals surface area contributed by atoms with E-state index in [4.69, 9.17) is 17.3 Å². The molecule has 0 spiro atoms. The number of nitrogens with two attached hydrogens (primary N) is 1. The van der Waals surface area contributed by atoms with Crippen LogP contribution in [0.3, 0.4) is 0 Å². The van der Waals surface area contributed by atoms with Crippen LogP contribution in [-0.4, -0.2) is 12.1 Å². The van der Waals surface area contributed by atoms with Crippen molar-refractivity contribution in [1.29, 1.82) is 0 Å². The van der Waals surface area contributed by atoms with Gasteiger partial charge in [-0.15, -0.1) is 0 Å². The molecule has 1 aliphatic carbocycles. The van der Waals surface area contributed by atoms with E-state index >= 15 is 0 Å². The Labute approximate surface area is 121 Å². The van der Waals surface area contributed by atoms with Crippen LogP contribution in [0.5, 0.6) is 0 Å². The van der Waals surface area contributed by atoms with Gasteiger partial charge >= 0.3 is 0 Å². The van der Waals surface area contributed by atoms with Crippen LogP contribution in [0.15, 0.2) is 18.2 Å². The maximum absolute atomic E-state index is 6.39. The maximum Gasteiger partial charge on any atom is 0.0463 e. The van der Waals surface area contributed by atoms with Gasteiger partial charge in [-0.25, -0.2) is 0 Å². The van der Waals surface area contributed by atoms with Crippen LogP contribution in [0.1, 0.15) is 52.0 Å². The molecule has 2 rings (SSSR count). The van der Waals surface area contributed by atoms with Crippen LogP contribution in [0.2, 0.25) is 5.02 Å². The average molecular weight is 281 g/mol. The normalized spacial score (nSPS) is 24.3. The lowest BCUT2D eigenvalue weighted by atomic mass is 9.87. The molecular weight excluding hydrogens is 256 g/mol. The van der Waals surface area contributed by atoms with Crippen molar-refractivity contribution in [2.75, 3.05) is 5.32 Å². The van der Waals surface area contributed by atoms with E-state index in [0.29, 0.717) is 12.1 Å². The summed E-state index contributed by atoms with van der Waals surface area (Å²) in [5, 5.41) is 4.43. The highest BCUT2D eigenvalue weighted by atomic mass is 35.5. The summed E-state index contributed by atoms with van der Waals surface area (Å²) in [7, 11) is 0. The zero-order valence-electron chi connectivity index (χ0n) is 12.2. The molecule has 3 heteroatoms. The van der Waals surface area contributed by atoms with Gasteiger partial charge in [0.15, 0.2) is 0 Å². The molecule has 1 aromatic rings. The predicted octanol–water partition coefficient (Wildman–Crippen LogP) is 4.32. The molecule has 19 heavy (non-hydrogen) atoms. The minimum absolute atomic E-state index is 0.0905. The van der Waals surface area contributed by atoms with Crippen molar-refractivity contribution in [3.8, 4) is 0 Å². The molecule has 0 atom stereocenters. The summed E-state index contributed by atoms with van der Waals surface area (Å²) < 4.78 is 0. The Balaban J connectivity index is 2.04. The first-order valence-corrected chi connectivity index (χ1v) is 7.56. The van der Waals surface area contributed by atoms with Crippen molar-refractivity contribution in [2.45, 2.75) is 64.0 Å². The van der Waals surface area contributed by atoms with Gasteiger partial charge in [0.2, 0.25) is 0 Å². The summed E-state index contributed by atoms with van der Waals surface area (Å²) in [5.74, 6) is 0. The molecule has 0 saturated heterocycles. The second-order valence-corrected chi connectivity index (χ2v) is 7.11. The summed E-state index contributed by atoms with van der Waals surface area (Å²) in [6.45, 7) is 6.55. The number of hydrogen-bond acceptors (Lipinski definition) is 2. The molecule has 0 heterocycles. The maximum atomic E-state index is 6.39. The molecule has 1 aromatic carbocycles. The Morgan fingerprint density at radius 2 is 1.79 bits per heavy atom. The van der Waals surface area contributed by atoms with Crippen LogP contribution in [-0.2, 0) is 5.41 Å². The molecule has 0 amide bonds. The average Bonchev–Trinajstić information content (AvgIpc) is 2.30. The lowest BCUT2D eigenvalue weighted by molar-refractivity contribution is 0.411. The Hall–Kier alpha value is -0.730. The topological polar surface area (TPSA) is 38.0 Å². The van der Waals surface area contributed by atoms with Crippen LogP contribution in [0, 0.1) is 0 Å². The predicted molar refractivity (Wildman–Crippen MR) is 84.0 cm³/mol. The van der Waals surface area contributed by atoms with Crippen molar-refractivity contribution in [1.82, 2.24) is 0 Å². The third kappa shape index (κ3) is 3.87. The highest BCUT2D eigenvalue weighted by Crippen LogP contribution is 2.32. The molecule has 3 N–H and O–H groups in total. The molecule has 0 bridgehead atoms. The smallest absolute Gasteiger partial charge is 0.0463 e. The third-order valence-electron chi connectivity index (χ3n) is 3.92. The monoisotopic (exact) mass is 280 g/mol. The fraction of sp³-hybridized carbons (Fsp3) is 0.625. The minimum atomic E-state index is 0.0905. The zero-order valence-corrected chi connectivity index (χ0v) is 12.9. The molecule has 1 aliphatic rings. The Morgan fingerprint density at radius 1 is 1.16 bits per heavy atom. The van der Waals surface area contributed by atoms with Crippen molar-refractivity contribution >= 4 is 17.3 Å². The lowest BCUT2D eigenvalue weighted by Crippen LogP contribution is -2.32. The summed E-state index contributed by atoms with van der Waals surface area (Å²) >= 11 is 6.39. The van der Waals surface area contributed by atoms with Gasteiger partial charge in [-0.1, -0.05) is 38.4 Å². The van der Waals surface area contributed by atoms with E-state index < -0.39 is 0 Å². The molecule has 0 aromatic heterocycles. The summed E-state index contributed by atoms with van der Waals surface area (Å²) in [4.78, 5) is 0. The van der Waals surface area contributed by atoms with Crippen LogP contribution >= 0.6 is 11.6 Å². The number of anilines is 1. The molecular formula is C16H25ClN2. The van der Waals surface area contributed by atoms with E-state index in [0.717, 1.165) is 36.4 Å². The summed E-state index contributed by atoms with van der Waals surface area (Å²) in [6, 6.07) is 7.26. The summed E-state index contributed by atoms with van der Waals surface area (Å²) in [6.07, 6.45) is 4.54. The number of nitrogens with one attached hydrogen (secondary N) is 1. The molecule has 0 aliphatic heterocycles. The quantitative estimate of drug-likeness (QED) is 0.847. The van der Waals surface area contributed by atoms with Crippen molar-refractivity contribution in [3.05, 3.63) is 28.8 Å². The molecule has 0 radical (unpaired) electrons. The fourth-order valence-corrected chi connectivity index (χ4v) is 3.18. The van der Waals surface area contributed by atoms with Crippen molar-refractivity contribution in [3.63, 3.8) is 0 Å². The Bertz CT molecular complexity index is 429. The first kappa shape index (κ1) is 14.7. The van der Waals surface area contributed by atoms with Crippen molar-refractivity contribution in [2.24, 2.45) is 5.73 Å². The molecule has 1 saturated carbocycles. The van der Waals surface area contributed by atoms with Gasteiger partial charge in [-0.2, -0.15) is 0 Å². The van der Waals surface area contributed by atoms with Crippen molar-refractivity contribution < 1.29 is 0 Å². The Morgan fingerprint density at radius 3 is 2.32 bits per heavy atom. The molecule has 106 valence electrons. The SMILES string of the molecule is CC(C)(C)c1ccc(NC2CCC(N)CC2)cc1Cl. The molecule has 1 fully saturated rings. The highest BCUT2D eigenvalue weighted by molar-refractivity contribution is 6.31. The van der Waals surface area contributed by atoms with Crippen LogP contribution in [0.25, 0.3) is 0 Å². The zero-order chi connectivity index (χ0) is 14.0. The van der Waals surface area contributed by atoms with Gasteiger partial charge in [0.05, 0.1) is 0 Å². The van der Waals surface area contributed by atoms with E-state index in [1.165, 1.54) is 5.56 Å². The highest BCUT2D eigenvalue weighted by Gasteiger charge is 2.20. The first-order valence-electron chi connectivity index (χ1n) is 7.18. The van der Waals surface area contributed by atoms with E-state index in [2.05, 4.69) is 44.3 Å². The van der Waals surface area contributed by atoms with Gasteiger partial charge in [0.25, 0.3) is 0 Å². The third-order valence-corrected chi connectivity index (χ3v) is 4.23. The largest absolute Gasteiger partial charge is 0.382 e. The van der Waals surface area contributed by atoms with Crippen LogP contribution in [0.4, 0.5) is 5.69 Å². The van der Waals surface area contributed by atoms with E-state index in [-0.39, 0.29) is 5.41 Å². The molecule has 2 nitrogen and oxygen atoms in total. The first-order chi connectivity index (χ1) is 8.86. The molecule has 0 unspecified atom stereocenters.